The fourth-order valence-electron chi connectivity index (χ4n) is 1.89. The second-order valence-corrected chi connectivity index (χ2v) is 3.91. The molecule has 0 saturated heterocycles. The average molecular weight is 190 g/mol. The molecule has 72 valence electrons. The molecule has 3 rings (SSSR count). The lowest BCUT2D eigenvalue weighted by molar-refractivity contribution is 0.0821. The number of Topliss-reactive ketones (excluding diaryl/α,β-unsaturated/α-hetero) is 1. The standard InChI is InChI=1S/C10H10N2O2/c11-5-3-6-8(7(12)4-5)14-10(1-2-10)9(6)13/h3-4H,1-2,11-12H2. The van der Waals surface area contributed by atoms with Crippen LogP contribution in [0.25, 0.3) is 0 Å². The van der Waals surface area contributed by atoms with Gasteiger partial charge in [-0.05, 0) is 25.0 Å². The third-order valence-corrected chi connectivity index (χ3v) is 2.80. The Balaban J connectivity index is 2.23. The van der Waals surface area contributed by atoms with Crippen LogP contribution in [0.3, 0.4) is 0 Å². The number of fused-ring (bicyclic) bond motifs is 1. The van der Waals surface area contributed by atoms with Gasteiger partial charge in [0.1, 0.15) is 0 Å². The van der Waals surface area contributed by atoms with E-state index < -0.39 is 5.60 Å². The molecule has 0 amide bonds. The zero-order valence-corrected chi connectivity index (χ0v) is 7.54. The highest BCUT2D eigenvalue weighted by Crippen LogP contribution is 2.51. The minimum Gasteiger partial charge on any atom is -0.476 e. The van der Waals surface area contributed by atoms with Gasteiger partial charge in [-0.25, -0.2) is 0 Å². The summed E-state index contributed by atoms with van der Waals surface area (Å²) in [6, 6.07) is 3.26. The van der Waals surface area contributed by atoms with Crippen molar-refractivity contribution in [3.8, 4) is 5.75 Å². The first-order valence-corrected chi connectivity index (χ1v) is 4.55. The van der Waals surface area contributed by atoms with Crippen molar-refractivity contribution in [3.63, 3.8) is 0 Å². The van der Waals surface area contributed by atoms with Gasteiger partial charge in [-0.1, -0.05) is 0 Å². The number of ketones is 1. The number of nitrogens with two attached hydrogens (primary N) is 2. The van der Waals surface area contributed by atoms with Gasteiger partial charge >= 0.3 is 0 Å². The lowest BCUT2D eigenvalue weighted by Gasteiger charge is -2.06. The summed E-state index contributed by atoms with van der Waals surface area (Å²) in [5.41, 5.74) is 12.3. The van der Waals surface area contributed by atoms with E-state index in [0.717, 1.165) is 12.8 Å². The summed E-state index contributed by atoms with van der Waals surface area (Å²) in [5, 5.41) is 0. The Morgan fingerprint density at radius 3 is 2.64 bits per heavy atom. The van der Waals surface area contributed by atoms with Gasteiger partial charge < -0.3 is 16.2 Å². The molecule has 1 aliphatic heterocycles. The maximum absolute atomic E-state index is 11.8. The molecule has 0 bridgehead atoms. The predicted molar refractivity (Wildman–Crippen MR) is 52.2 cm³/mol. The maximum Gasteiger partial charge on any atom is 0.210 e. The smallest absolute Gasteiger partial charge is 0.210 e. The molecule has 14 heavy (non-hydrogen) atoms. The minimum atomic E-state index is -0.579. The number of hydrogen-bond acceptors (Lipinski definition) is 4. The van der Waals surface area contributed by atoms with E-state index in [1.165, 1.54) is 0 Å². The number of anilines is 2. The van der Waals surface area contributed by atoms with Crippen LogP contribution in [0, 0.1) is 0 Å². The molecule has 1 spiro atoms. The maximum atomic E-state index is 11.8. The summed E-state index contributed by atoms with van der Waals surface area (Å²) in [7, 11) is 0. The molecule has 4 heteroatoms. The molecular formula is C10H10N2O2. The Bertz CT molecular complexity index is 450. The summed E-state index contributed by atoms with van der Waals surface area (Å²) in [5.74, 6) is 0.549. The van der Waals surface area contributed by atoms with Gasteiger partial charge in [-0.2, -0.15) is 0 Å². The first-order chi connectivity index (χ1) is 6.62. The van der Waals surface area contributed by atoms with Gasteiger partial charge in [-0.15, -0.1) is 0 Å². The summed E-state index contributed by atoms with van der Waals surface area (Å²) < 4.78 is 5.57. The van der Waals surface area contributed by atoms with Crippen molar-refractivity contribution in [2.75, 3.05) is 11.5 Å². The number of carbonyl (C=O) groups is 1. The lowest BCUT2D eigenvalue weighted by atomic mass is 10.1. The van der Waals surface area contributed by atoms with E-state index in [9.17, 15) is 4.79 Å². The molecule has 0 radical (unpaired) electrons. The van der Waals surface area contributed by atoms with E-state index in [1.54, 1.807) is 12.1 Å². The number of benzene rings is 1. The Labute approximate surface area is 80.8 Å². The van der Waals surface area contributed by atoms with Crippen LogP contribution in [0.15, 0.2) is 12.1 Å². The minimum absolute atomic E-state index is 0.0338. The molecule has 1 fully saturated rings. The fraction of sp³-hybridized carbons (Fsp3) is 0.300. The number of hydrogen-bond donors (Lipinski definition) is 2. The van der Waals surface area contributed by atoms with Crippen molar-refractivity contribution in [1.29, 1.82) is 0 Å². The van der Waals surface area contributed by atoms with Crippen LogP contribution in [0.2, 0.25) is 0 Å². The molecule has 1 saturated carbocycles. The molecule has 1 aromatic rings. The summed E-state index contributed by atoms with van der Waals surface area (Å²) in [6.45, 7) is 0. The summed E-state index contributed by atoms with van der Waals surface area (Å²) in [4.78, 5) is 11.8. The summed E-state index contributed by atoms with van der Waals surface area (Å²) >= 11 is 0. The van der Waals surface area contributed by atoms with Crippen LogP contribution < -0.4 is 16.2 Å². The van der Waals surface area contributed by atoms with Gasteiger partial charge in [0.15, 0.2) is 11.4 Å². The quantitative estimate of drug-likeness (QED) is 0.597. The van der Waals surface area contributed by atoms with Gasteiger partial charge in [0.2, 0.25) is 5.78 Å². The monoisotopic (exact) mass is 190 g/mol. The molecular weight excluding hydrogens is 180 g/mol. The highest BCUT2D eigenvalue weighted by atomic mass is 16.5. The predicted octanol–water partition coefficient (Wildman–Crippen LogP) is 0.959. The van der Waals surface area contributed by atoms with Gasteiger partial charge in [0, 0.05) is 5.69 Å². The van der Waals surface area contributed by atoms with Crippen molar-refractivity contribution >= 4 is 17.2 Å². The van der Waals surface area contributed by atoms with E-state index in [0.29, 0.717) is 22.7 Å². The SMILES string of the molecule is Nc1cc(N)c2c(c1)C(=O)C1(CC1)O2. The topological polar surface area (TPSA) is 78.3 Å². The first kappa shape index (κ1) is 7.67. The van der Waals surface area contributed by atoms with Crippen LogP contribution >= 0.6 is 0 Å². The Morgan fingerprint density at radius 1 is 1.29 bits per heavy atom. The number of carbonyl (C=O) groups excluding carboxylic acids is 1. The summed E-state index contributed by atoms with van der Waals surface area (Å²) in [6.07, 6.45) is 1.58. The number of rotatable bonds is 0. The Morgan fingerprint density at radius 2 is 2.00 bits per heavy atom. The van der Waals surface area contributed by atoms with E-state index in [4.69, 9.17) is 16.2 Å². The molecule has 0 atom stereocenters. The third kappa shape index (κ3) is 0.755. The Hall–Kier alpha value is -1.71. The molecule has 1 aliphatic carbocycles. The Kier molecular flexibility index (Phi) is 1.11. The van der Waals surface area contributed by atoms with Gasteiger partial charge in [-0.3, -0.25) is 4.79 Å². The normalized spacial score (nSPS) is 20.7. The van der Waals surface area contributed by atoms with E-state index >= 15 is 0 Å². The van der Waals surface area contributed by atoms with Gasteiger partial charge in [0.05, 0.1) is 11.3 Å². The molecule has 4 N–H and O–H groups in total. The van der Waals surface area contributed by atoms with Crippen LogP contribution in [-0.4, -0.2) is 11.4 Å². The van der Waals surface area contributed by atoms with Gasteiger partial charge in [0.25, 0.3) is 0 Å². The molecule has 1 heterocycles. The lowest BCUT2D eigenvalue weighted by Crippen LogP contribution is -2.21. The van der Waals surface area contributed by atoms with E-state index in [1.807, 2.05) is 0 Å². The number of nitrogen functional groups attached to an aromatic ring is 2. The van der Waals surface area contributed by atoms with E-state index in [2.05, 4.69) is 0 Å². The van der Waals surface area contributed by atoms with Crippen LogP contribution in [0.5, 0.6) is 5.75 Å². The molecule has 0 unspecified atom stereocenters. The molecule has 0 aromatic heterocycles. The third-order valence-electron chi connectivity index (χ3n) is 2.80. The molecule has 2 aliphatic rings. The second-order valence-electron chi connectivity index (χ2n) is 3.91. The van der Waals surface area contributed by atoms with Crippen molar-refractivity contribution in [3.05, 3.63) is 17.7 Å². The second kappa shape index (κ2) is 2.03. The van der Waals surface area contributed by atoms with Crippen molar-refractivity contribution in [2.24, 2.45) is 0 Å². The van der Waals surface area contributed by atoms with Crippen molar-refractivity contribution in [2.45, 2.75) is 18.4 Å². The average Bonchev–Trinajstić information content (AvgIpc) is 2.83. The van der Waals surface area contributed by atoms with Crippen LogP contribution in [0.4, 0.5) is 11.4 Å². The largest absolute Gasteiger partial charge is 0.476 e. The van der Waals surface area contributed by atoms with E-state index in [-0.39, 0.29) is 5.78 Å². The molecule has 1 aromatic carbocycles. The first-order valence-electron chi connectivity index (χ1n) is 4.55. The zero-order chi connectivity index (χ0) is 9.92. The van der Waals surface area contributed by atoms with Crippen LogP contribution in [-0.2, 0) is 0 Å². The zero-order valence-electron chi connectivity index (χ0n) is 7.54. The highest BCUT2D eigenvalue weighted by Gasteiger charge is 2.58. The van der Waals surface area contributed by atoms with Crippen LogP contribution in [0.1, 0.15) is 23.2 Å². The molecule has 4 nitrogen and oxygen atoms in total. The van der Waals surface area contributed by atoms with Crippen molar-refractivity contribution < 1.29 is 9.53 Å². The van der Waals surface area contributed by atoms with Crippen molar-refractivity contribution in [1.82, 2.24) is 0 Å². The highest BCUT2D eigenvalue weighted by molar-refractivity contribution is 6.11. The number of ether oxygens (including phenoxy) is 1. The fourth-order valence-corrected chi connectivity index (χ4v) is 1.89.